The maximum atomic E-state index is 12.4. The minimum Gasteiger partial charge on any atom is -0.479 e. The Balaban J connectivity index is 2.21. The smallest absolute Gasteiger partial charge is 0.329 e. The van der Waals surface area contributed by atoms with Crippen molar-refractivity contribution in [1.29, 1.82) is 0 Å². The van der Waals surface area contributed by atoms with Crippen LogP contribution in [0.1, 0.15) is 26.2 Å². The van der Waals surface area contributed by atoms with E-state index in [9.17, 15) is 14.7 Å². The number of carbonyl (C=O) groups is 2. The number of carboxylic acids is 1. The van der Waals surface area contributed by atoms with Gasteiger partial charge in [0.05, 0.1) is 5.69 Å². The van der Waals surface area contributed by atoms with Crippen molar-refractivity contribution in [2.24, 2.45) is 0 Å². The fraction of sp³-hybridized carbons (Fsp3) is 0.429. The van der Waals surface area contributed by atoms with Gasteiger partial charge in [-0.25, -0.2) is 9.59 Å². The second-order valence-electron chi connectivity index (χ2n) is 5.00. The zero-order valence-electron chi connectivity index (χ0n) is 11.5. The molecule has 114 valence electrons. The Morgan fingerprint density at radius 1 is 1.43 bits per heavy atom. The molecule has 1 atom stereocenters. The number of halogens is 2. The van der Waals surface area contributed by atoms with Gasteiger partial charge >= 0.3 is 12.0 Å². The highest BCUT2D eigenvalue weighted by Crippen LogP contribution is 2.34. The van der Waals surface area contributed by atoms with Crippen LogP contribution in [0.5, 0.6) is 0 Å². The van der Waals surface area contributed by atoms with Crippen LogP contribution >= 0.6 is 31.9 Å². The van der Waals surface area contributed by atoms with E-state index in [-0.39, 0.29) is 6.03 Å². The summed E-state index contributed by atoms with van der Waals surface area (Å²) in [6.07, 6.45) is 1.60. The van der Waals surface area contributed by atoms with Gasteiger partial charge in [-0.2, -0.15) is 0 Å². The van der Waals surface area contributed by atoms with Crippen molar-refractivity contribution < 1.29 is 14.7 Å². The van der Waals surface area contributed by atoms with Gasteiger partial charge in [-0.1, -0.05) is 22.9 Å². The van der Waals surface area contributed by atoms with Crippen LogP contribution < -0.4 is 5.32 Å². The molecule has 1 heterocycles. The SMILES string of the molecule is CCC1(C(=O)O)CCCN1C(=O)Nc1ccc(Br)cc1Br. The third-order valence-electron chi connectivity index (χ3n) is 3.89. The van der Waals surface area contributed by atoms with E-state index in [0.29, 0.717) is 31.5 Å². The largest absolute Gasteiger partial charge is 0.479 e. The summed E-state index contributed by atoms with van der Waals surface area (Å²) >= 11 is 6.73. The van der Waals surface area contributed by atoms with Crippen molar-refractivity contribution in [2.45, 2.75) is 31.7 Å². The first kappa shape index (κ1) is 16.3. The van der Waals surface area contributed by atoms with E-state index in [0.717, 1.165) is 8.95 Å². The third kappa shape index (κ3) is 3.08. The zero-order valence-corrected chi connectivity index (χ0v) is 14.7. The van der Waals surface area contributed by atoms with Crippen LogP contribution in [-0.4, -0.2) is 34.1 Å². The van der Waals surface area contributed by atoms with Crippen LogP contribution in [0.25, 0.3) is 0 Å². The van der Waals surface area contributed by atoms with E-state index < -0.39 is 11.5 Å². The molecule has 2 N–H and O–H groups in total. The summed E-state index contributed by atoms with van der Waals surface area (Å²) in [5.41, 5.74) is -0.475. The van der Waals surface area contributed by atoms with E-state index in [1.165, 1.54) is 4.90 Å². The van der Waals surface area contributed by atoms with Gasteiger partial charge in [0.2, 0.25) is 0 Å². The zero-order chi connectivity index (χ0) is 15.6. The minimum absolute atomic E-state index is 0.375. The molecule has 0 aromatic heterocycles. The number of rotatable bonds is 3. The topological polar surface area (TPSA) is 69.6 Å². The Morgan fingerprint density at radius 3 is 2.71 bits per heavy atom. The molecule has 0 saturated carbocycles. The molecule has 1 aliphatic heterocycles. The molecule has 7 heteroatoms. The van der Waals surface area contributed by atoms with Crippen molar-refractivity contribution in [3.05, 3.63) is 27.1 Å². The number of urea groups is 1. The molecule has 0 bridgehead atoms. The lowest BCUT2D eigenvalue weighted by Crippen LogP contribution is -2.54. The molecular weight excluding hydrogens is 404 g/mol. The number of aliphatic carboxylic acids is 1. The first-order chi connectivity index (χ1) is 9.90. The molecule has 0 spiro atoms. The standard InChI is InChI=1S/C14H16Br2N2O3/c1-2-14(12(19)20)6-3-7-18(14)13(21)17-11-5-4-9(15)8-10(11)16/h4-5,8H,2-3,6-7H2,1H3,(H,17,21)(H,19,20). The molecule has 5 nitrogen and oxygen atoms in total. The summed E-state index contributed by atoms with van der Waals surface area (Å²) in [7, 11) is 0. The van der Waals surface area contributed by atoms with Crippen LogP contribution in [0.3, 0.4) is 0 Å². The molecule has 1 aromatic rings. The minimum atomic E-state index is -1.09. The maximum Gasteiger partial charge on any atom is 0.329 e. The summed E-state index contributed by atoms with van der Waals surface area (Å²) in [6, 6.07) is 5.02. The van der Waals surface area contributed by atoms with Crippen molar-refractivity contribution in [1.82, 2.24) is 4.90 Å². The Kier molecular flexibility index (Phi) is 4.93. The first-order valence-electron chi connectivity index (χ1n) is 6.68. The highest BCUT2D eigenvalue weighted by Gasteiger charge is 2.48. The predicted octanol–water partition coefficient (Wildman–Crippen LogP) is 4.07. The molecule has 2 amide bonds. The van der Waals surface area contributed by atoms with Crippen LogP contribution in [0.4, 0.5) is 10.5 Å². The third-order valence-corrected chi connectivity index (χ3v) is 5.04. The van der Waals surface area contributed by atoms with Gasteiger partial charge in [-0.05, 0) is 53.4 Å². The number of nitrogens with zero attached hydrogens (tertiary/aromatic N) is 1. The van der Waals surface area contributed by atoms with Crippen molar-refractivity contribution in [3.8, 4) is 0 Å². The summed E-state index contributed by atoms with van der Waals surface area (Å²) in [5, 5.41) is 12.3. The van der Waals surface area contributed by atoms with E-state index in [4.69, 9.17) is 0 Å². The van der Waals surface area contributed by atoms with E-state index >= 15 is 0 Å². The lowest BCUT2D eigenvalue weighted by atomic mass is 9.93. The maximum absolute atomic E-state index is 12.4. The van der Waals surface area contributed by atoms with E-state index in [1.807, 2.05) is 12.1 Å². The lowest BCUT2D eigenvalue weighted by molar-refractivity contribution is -0.148. The summed E-state index contributed by atoms with van der Waals surface area (Å²) in [4.78, 5) is 25.5. The number of hydrogen-bond acceptors (Lipinski definition) is 2. The molecule has 0 radical (unpaired) electrons. The number of benzene rings is 1. The van der Waals surface area contributed by atoms with Crippen LogP contribution in [0, 0.1) is 0 Å². The molecular formula is C14H16Br2N2O3. The highest BCUT2D eigenvalue weighted by molar-refractivity contribution is 9.11. The monoisotopic (exact) mass is 418 g/mol. The molecule has 1 fully saturated rings. The summed E-state index contributed by atoms with van der Waals surface area (Å²) < 4.78 is 1.63. The highest BCUT2D eigenvalue weighted by atomic mass is 79.9. The van der Waals surface area contributed by atoms with Gasteiger partial charge in [0.1, 0.15) is 5.54 Å². The van der Waals surface area contributed by atoms with E-state index in [1.54, 1.807) is 13.0 Å². The molecule has 21 heavy (non-hydrogen) atoms. The Bertz CT molecular complexity index is 579. The van der Waals surface area contributed by atoms with Crippen LogP contribution in [0.15, 0.2) is 27.1 Å². The van der Waals surface area contributed by atoms with Gasteiger partial charge in [-0.3, -0.25) is 0 Å². The molecule has 1 unspecified atom stereocenters. The number of carboxylic acid groups (broad SMARTS) is 1. The first-order valence-corrected chi connectivity index (χ1v) is 8.26. The Hall–Kier alpha value is -1.08. The lowest BCUT2D eigenvalue weighted by Gasteiger charge is -2.33. The average Bonchev–Trinajstić information content (AvgIpc) is 2.87. The average molecular weight is 420 g/mol. The van der Waals surface area contributed by atoms with Crippen molar-refractivity contribution >= 4 is 49.5 Å². The van der Waals surface area contributed by atoms with E-state index in [2.05, 4.69) is 37.2 Å². The molecule has 1 aromatic carbocycles. The second kappa shape index (κ2) is 6.36. The molecule has 2 rings (SSSR count). The number of likely N-dealkylation sites (tertiary alicyclic amines) is 1. The number of amides is 2. The summed E-state index contributed by atoms with van der Waals surface area (Å²) in [6.45, 7) is 2.26. The Labute approximate surface area is 140 Å². The normalized spacial score (nSPS) is 21.4. The van der Waals surface area contributed by atoms with Gasteiger partial charge < -0.3 is 15.3 Å². The molecule has 1 saturated heterocycles. The number of nitrogens with one attached hydrogen (secondary N) is 1. The van der Waals surface area contributed by atoms with Crippen LogP contribution in [0.2, 0.25) is 0 Å². The molecule has 0 aliphatic carbocycles. The number of carbonyl (C=O) groups excluding carboxylic acids is 1. The fourth-order valence-electron chi connectivity index (χ4n) is 2.69. The Morgan fingerprint density at radius 2 is 2.14 bits per heavy atom. The van der Waals surface area contributed by atoms with Gasteiger partial charge in [-0.15, -0.1) is 0 Å². The number of hydrogen-bond donors (Lipinski definition) is 2. The molecule has 1 aliphatic rings. The fourth-order valence-corrected chi connectivity index (χ4v) is 3.84. The van der Waals surface area contributed by atoms with Gasteiger partial charge in [0.25, 0.3) is 0 Å². The quantitative estimate of drug-likeness (QED) is 0.775. The van der Waals surface area contributed by atoms with Gasteiger partial charge in [0.15, 0.2) is 0 Å². The number of anilines is 1. The van der Waals surface area contributed by atoms with Crippen molar-refractivity contribution in [3.63, 3.8) is 0 Å². The van der Waals surface area contributed by atoms with Crippen molar-refractivity contribution in [2.75, 3.05) is 11.9 Å². The van der Waals surface area contributed by atoms with Crippen LogP contribution in [-0.2, 0) is 4.79 Å². The predicted molar refractivity (Wildman–Crippen MR) is 87.5 cm³/mol. The summed E-state index contributed by atoms with van der Waals surface area (Å²) in [5.74, 6) is -0.937. The van der Waals surface area contributed by atoms with Gasteiger partial charge in [0, 0.05) is 15.5 Å². The second-order valence-corrected chi connectivity index (χ2v) is 6.77.